The van der Waals surface area contributed by atoms with Crippen LogP contribution in [0.3, 0.4) is 0 Å². The van der Waals surface area contributed by atoms with Crippen molar-refractivity contribution in [3.8, 4) is 6.07 Å². The lowest BCUT2D eigenvalue weighted by atomic mass is 10.1. The zero-order chi connectivity index (χ0) is 13.1. The number of hydrogen-bond donors (Lipinski definition) is 1. The summed E-state index contributed by atoms with van der Waals surface area (Å²) < 4.78 is 38.6. The van der Waals surface area contributed by atoms with Crippen LogP contribution in [0.25, 0.3) is 0 Å². The summed E-state index contributed by atoms with van der Waals surface area (Å²) >= 11 is 0. The number of nitrogens with one attached hydrogen (secondary N) is 1. The van der Waals surface area contributed by atoms with Crippen LogP contribution in [0.4, 0.5) is 4.39 Å². The van der Waals surface area contributed by atoms with Gasteiger partial charge in [-0.1, -0.05) is 13.8 Å². The standard InChI is InChI=1S/C11H13FN2O2S/c1-8(2)11(7-13)14-17(15,16)10-5-3-9(12)4-6-10/h3-6,8,11,14H,1-2H3. The quantitative estimate of drug-likeness (QED) is 0.890. The van der Waals surface area contributed by atoms with Crippen LogP contribution in [0.5, 0.6) is 0 Å². The maximum Gasteiger partial charge on any atom is 0.241 e. The number of halogens is 1. The topological polar surface area (TPSA) is 70.0 Å². The molecule has 6 heteroatoms. The Morgan fingerprint density at radius 1 is 1.29 bits per heavy atom. The van der Waals surface area contributed by atoms with Gasteiger partial charge < -0.3 is 0 Å². The Labute approximate surface area is 100 Å². The molecule has 1 unspecified atom stereocenters. The molecule has 0 amide bonds. The van der Waals surface area contributed by atoms with E-state index in [4.69, 9.17) is 5.26 Å². The van der Waals surface area contributed by atoms with Gasteiger partial charge in [0, 0.05) is 0 Å². The fraction of sp³-hybridized carbons (Fsp3) is 0.364. The normalized spacial score (nSPS) is 13.4. The molecule has 0 aliphatic heterocycles. The third kappa shape index (κ3) is 3.51. The summed E-state index contributed by atoms with van der Waals surface area (Å²) in [5.74, 6) is -0.653. The average Bonchev–Trinajstić information content (AvgIpc) is 2.26. The van der Waals surface area contributed by atoms with Crippen LogP contribution in [-0.2, 0) is 10.0 Å². The van der Waals surface area contributed by atoms with Crippen molar-refractivity contribution in [3.05, 3.63) is 30.1 Å². The summed E-state index contributed by atoms with van der Waals surface area (Å²) in [6.45, 7) is 3.47. The molecule has 0 bridgehead atoms. The SMILES string of the molecule is CC(C)C(C#N)NS(=O)(=O)c1ccc(F)cc1. The number of rotatable bonds is 4. The zero-order valence-electron chi connectivity index (χ0n) is 9.51. The predicted molar refractivity (Wildman–Crippen MR) is 61.0 cm³/mol. The van der Waals surface area contributed by atoms with Crippen LogP contribution in [0.15, 0.2) is 29.2 Å². The first-order chi connectivity index (χ1) is 7.86. The first-order valence-corrected chi connectivity index (χ1v) is 6.52. The van der Waals surface area contributed by atoms with Crippen molar-refractivity contribution in [3.63, 3.8) is 0 Å². The molecule has 0 aliphatic rings. The molecule has 92 valence electrons. The first-order valence-electron chi connectivity index (χ1n) is 5.04. The van der Waals surface area contributed by atoms with E-state index < -0.39 is 21.9 Å². The number of sulfonamides is 1. The minimum Gasteiger partial charge on any atom is -0.207 e. The van der Waals surface area contributed by atoms with E-state index in [0.29, 0.717) is 0 Å². The van der Waals surface area contributed by atoms with E-state index >= 15 is 0 Å². The van der Waals surface area contributed by atoms with Gasteiger partial charge in [0.05, 0.1) is 11.0 Å². The molecule has 0 spiro atoms. The van der Waals surface area contributed by atoms with Crippen molar-refractivity contribution in [2.45, 2.75) is 24.8 Å². The highest BCUT2D eigenvalue weighted by atomic mass is 32.2. The lowest BCUT2D eigenvalue weighted by Crippen LogP contribution is -2.37. The van der Waals surface area contributed by atoms with Gasteiger partial charge in [0.1, 0.15) is 11.9 Å². The summed E-state index contributed by atoms with van der Waals surface area (Å²) in [4.78, 5) is -0.0557. The van der Waals surface area contributed by atoms with Crippen LogP contribution < -0.4 is 4.72 Å². The van der Waals surface area contributed by atoms with Gasteiger partial charge in [-0.25, -0.2) is 12.8 Å². The fourth-order valence-corrected chi connectivity index (χ4v) is 2.45. The van der Waals surface area contributed by atoms with Crippen LogP contribution in [-0.4, -0.2) is 14.5 Å². The summed E-state index contributed by atoms with van der Waals surface area (Å²) in [7, 11) is -3.77. The maximum absolute atomic E-state index is 12.7. The van der Waals surface area contributed by atoms with E-state index in [2.05, 4.69) is 4.72 Å². The van der Waals surface area contributed by atoms with Gasteiger partial charge in [0.25, 0.3) is 0 Å². The molecule has 1 atom stereocenters. The van der Waals surface area contributed by atoms with Crippen LogP contribution in [0, 0.1) is 23.1 Å². The van der Waals surface area contributed by atoms with Crippen LogP contribution in [0.2, 0.25) is 0 Å². The Morgan fingerprint density at radius 2 is 1.82 bits per heavy atom. The predicted octanol–water partition coefficient (Wildman–Crippen LogP) is 1.65. The maximum atomic E-state index is 12.7. The summed E-state index contributed by atoms with van der Waals surface area (Å²) in [5.41, 5.74) is 0. The molecule has 1 aromatic carbocycles. The molecule has 0 saturated carbocycles. The molecule has 0 aliphatic carbocycles. The Morgan fingerprint density at radius 3 is 2.24 bits per heavy atom. The molecule has 1 rings (SSSR count). The van der Waals surface area contributed by atoms with E-state index in [1.165, 1.54) is 0 Å². The van der Waals surface area contributed by atoms with Crippen molar-refractivity contribution in [1.82, 2.24) is 4.72 Å². The van der Waals surface area contributed by atoms with Gasteiger partial charge in [-0.15, -0.1) is 0 Å². The summed E-state index contributed by atoms with van der Waals surface area (Å²) in [5, 5.41) is 8.81. The molecule has 17 heavy (non-hydrogen) atoms. The van der Waals surface area contributed by atoms with E-state index in [1.807, 2.05) is 6.07 Å². The van der Waals surface area contributed by atoms with E-state index in [-0.39, 0.29) is 10.8 Å². The minimum absolute atomic E-state index is 0.0557. The monoisotopic (exact) mass is 256 g/mol. The molecule has 0 fully saturated rings. The Kier molecular flexibility index (Phi) is 4.21. The van der Waals surface area contributed by atoms with Gasteiger partial charge in [0.2, 0.25) is 10.0 Å². The molecule has 1 N–H and O–H groups in total. The van der Waals surface area contributed by atoms with Crippen molar-refractivity contribution < 1.29 is 12.8 Å². The number of nitriles is 1. The second-order valence-corrected chi connectivity index (χ2v) is 5.64. The highest BCUT2D eigenvalue weighted by Crippen LogP contribution is 2.12. The molecule has 0 radical (unpaired) electrons. The van der Waals surface area contributed by atoms with Gasteiger partial charge in [-0.05, 0) is 30.2 Å². The Balaban J connectivity index is 2.97. The average molecular weight is 256 g/mol. The smallest absolute Gasteiger partial charge is 0.207 e. The highest BCUT2D eigenvalue weighted by molar-refractivity contribution is 7.89. The number of benzene rings is 1. The zero-order valence-corrected chi connectivity index (χ0v) is 10.3. The van der Waals surface area contributed by atoms with Gasteiger partial charge in [0.15, 0.2) is 0 Å². The summed E-state index contributed by atoms with van der Waals surface area (Å²) in [6.07, 6.45) is 0. The van der Waals surface area contributed by atoms with Crippen LogP contribution >= 0.6 is 0 Å². The largest absolute Gasteiger partial charge is 0.241 e. The molecule has 0 aromatic heterocycles. The number of nitrogens with zero attached hydrogens (tertiary/aromatic N) is 1. The molecular formula is C11H13FN2O2S. The van der Waals surface area contributed by atoms with Gasteiger partial charge >= 0.3 is 0 Å². The third-order valence-electron chi connectivity index (χ3n) is 2.21. The highest BCUT2D eigenvalue weighted by Gasteiger charge is 2.21. The van der Waals surface area contributed by atoms with Crippen molar-refractivity contribution in [2.75, 3.05) is 0 Å². The Hall–Kier alpha value is -1.45. The van der Waals surface area contributed by atoms with E-state index in [9.17, 15) is 12.8 Å². The van der Waals surface area contributed by atoms with Gasteiger partial charge in [-0.2, -0.15) is 9.98 Å². The second kappa shape index (κ2) is 5.25. The molecular weight excluding hydrogens is 243 g/mol. The van der Waals surface area contributed by atoms with E-state index in [1.54, 1.807) is 13.8 Å². The second-order valence-electron chi connectivity index (χ2n) is 3.93. The molecule has 4 nitrogen and oxygen atoms in total. The number of hydrogen-bond acceptors (Lipinski definition) is 3. The lowest BCUT2D eigenvalue weighted by Gasteiger charge is -2.15. The molecule has 0 heterocycles. The van der Waals surface area contributed by atoms with Crippen LogP contribution in [0.1, 0.15) is 13.8 Å². The van der Waals surface area contributed by atoms with Gasteiger partial charge in [-0.3, -0.25) is 0 Å². The van der Waals surface area contributed by atoms with Crippen molar-refractivity contribution in [2.24, 2.45) is 5.92 Å². The Bertz CT molecular complexity index is 517. The van der Waals surface area contributed by atoms with Crippen molar-refractivity contribution >= 4 is 10.0 Å². The molecule has 0 saturated heterocycles. The lowest BCUT2D eigenvalue weighted by molar-refractivity contribution is 0.515. The minimum atomic E-state index is -3.77. The van der Waals surface area contributed by atoms with E-state index in [0.717, 1.165) is 24.3 Å². The van der Waals surface area contributed by atoms with Crippen molar-refractivity contribution in [1.29, 1.82) is 5.26 Å². The first kappa shape index (κ1) is 13.6. The third-order valence-corrected chi connectivity index (χ3v) is 3.67. The molecule has 1 aromatic rings. The summed E-state index contributed by atoms with van der Waals surface area (Å²) in [6, 6.07) is 5.51. The fourth-order valence-electron chi connectivity index (χ4n) is 1.16.